The Morgan fingerprint density at radius 2 is 0.907 bits per heavy atom. The van der Waals surface area contributed by atoms with Gasteiger partial charge >= 0.3 is 0 Å². The number of rotatable bonds is 4. The molecule has 11 rings (SSSR count). The number of benzene rings is 7. The molecule has 0 saturated heterocycles. The molecular formula is C49H30N4O. The molecule has 0 saturated carbocycles. The molecule has 0 amide bonds. The first kappa shape index (κ1) is 30.4. The Bertz CT molecular complexity index is 2810. The minimum Gasteiger partial charge on any atom is -0.457 e. The summed E-state index contributed by atoms with van der Waals surface area (Å²) in [5.41, 5.74) is 12.3. The Balaban J connectivity index is 1.19. The van der Waals surface area contributed by atoms with Crippen LogP contribution in [0.15, 0.2) is 182 Å². The zero-order valence-corrected chi connectivity index (χ0v) is 29.0. The molecule has 9 aromatic rings. The number of hydrogen-bond donors (Lipinski definition) is 0. The third-order valence-corrected chi connectivity index (χ3v) is 10.9. The standard InChI is InChI=1S/C49H30N4O/c1-3-13-31(14-4-1)46-51-47(32-15-5-2-6-16-32)53-48(52-46)34-25-27-37-36-26-24-33(35-17-11-21-43-38(35)18-12-28-50-43)29-41(36)49(42(37)30-34)39-19-7-9-22-44(39)54-45-23-10-8-20-40(45)49/h1-30H. The molecule has 0 atom stereocenters. The van der Waals surface area contributed by atoms with Crippen molar-refractivity contribution in [2.75, 3.05) is 0 Å². The topological polar surface area (TPSA) is 60.8 Å². The number of fused-ring (bicyclic) bond motifs is 10. The van der Waals surface area contributed by atoms with Crippen LogP contribution in [0.4, 0.5) is 0 Å². The van der Waals surface area contributed by atoms with Crippen LogP contribution in [0.1, 0.15) is 22.3 Å². The Morgan fingerprint density at radius 1 is 0.370 bits per heavy atom. The molecule has 0 fully saturated rings. The Kier molecular flexibility index (Phi) is 6.70. The third-order valence-electron chi connectivity index (χ3n) is 10.9. The molecule has 0 unspecified atom stereocenters. The van der Waals surface area contributed by atoms with Crippen molar-refractivity contribution >= 4 is 10.9 Å². The second-order valence-electron chi connectivity index (χ2n) is 13.8. The summed E-state index contributed by atoms with van der Waals surface area (Å²) in [6.07, 6.45) is 1.85. The zero-order chi connectivity index (χ0) is 35.6. The van der Waals surface area contributed by atoms with Gasteiger partial charge in [0.05, 0.1) is 10.9 Å². The van der Waals surface area contributed by atoms with E-state index < -0.39 is 5.41 Å². The van der Waals surface area contributed by atoms with Gasteiger partial charge in [0.25, 0.3) is 0 Å². The summed E-state index contributed by atoms with van der Waals surface area (Å²) in [7, 11) is 0. The van der Waals surface area contributed by atoms with Crippen LogP contribution in [0.25, 0.3) is 67.3 Å². The van der Waals surface area contributed by atoms with Crippen LogP contribution < -0.4 is 4.74 Å². The van der Waals surface area contributed by atoms with Crippen molar-refractivity contribution in [3.8, 4) is 67.9 Å². The first-order chi connectivity index (χ1) is 26.8. The number of pyridine rings is 1. The molecule has 0 bridgehead atoms. The van der Waals surface area contributed by atoms with Gasteiger partial charge in [-0.15, -0.1) is 0 Å². The van der Waals surface area contributed by atoms with Gasteiger partial charge in [-0.1, -0.05) is 140 Å². The number of para-hydroxylation sites is 2. The van der Waals surface area contributed by atoms with Crippen molar-refractivity contribution < 1.29 is 4.74 Å². The summed E-state index contributed by atoms with van der Waals surface area (Å²) in [6.45, 7) is 0. The lowest BCUT2D eigenvalue weighted by Crippen LogP contribution is -2.32. The smallest absolute Gasteiger partial charge is 0.164 e. The quantitative estimate of drug-likeness (QED) is 0.184. The molecule has 1 spiro atoms. The van der Waals surface area contributed by atoms with Crippen molar-refractivity contribution in [1.29, 1.82) is 0 Å². The lowest BCUT2D eigenvalue weighted by atomic mass is 9.65. The van der Waals surface area contributed by atoms with E-state index in [0.717, 1.165) is 66.9 Å². The molecule has 2 aliphatic rings. The molecule has 1 aliphatic heterocycles. The Morgan fingerprint density at radius 3 is 1.54 bits per heavy atom. The highest BCUT2D eigenvalue weighted by Crippen LogP contribution is 2.62. The van der Waals surface area contributed by atoms with Gasteiger partial charge in [0.15, 0.2) is 17.5 Å². The van der Waals surface area contributed by atoms with E-state index in [4.69, 9.17) is 19.7 Å². The lowest BCUT2D eigenvalue weighted by Gasteiger charge is -2.39. The van der Waals surface area contributed by atoms with Gasteiger partial charge in [-0.05, 0) is 69.8 Å². The average Bonchev–Trinajstić information content (AvgIpc) is 3.53. The van der Waals surface area contributed by atoms with Crippen LogP contribution in [0, 0.1) is 0 Å². The molecule has 2 aromatic heterocycles. The summed E-state index contributed by atoms with van der Waals surface area (Å²) < 4.78 is 6.67. The van der Waals surface area contributed by atoms with Crippen molar-refractivity contribution in [2.45, 2.75) is 5.41 Å². The molecule has 0 N–H and O–H groups in total. The number of aromatic nitrogens is 4. The highest BCUT2D eigenvalue weighted by molar-refractivity contribution is 5.97. The maximum atomic E-state index is 6.67. The van der Waals surface area contributed by atoms with Gasteiger partial charge in [0.2, 0.25) is 0 Å². The van der Waals surface area contributed by atoms with E-state index in [9.17, 15) is 0 Å². The fourth-order valence-corrected chi connectivity index (χ4v) is 8.50. The molecule has 7 aromatic carbocycles. The number of nitrogens with zero attached hydrogens (tertiary/aromatic N) is 4. The van der Waals surface area contributed by atoms with E-state index >= 15 is 0 Å². The van der Waals surface area contributed by atoms with Gasteiger partial charge in [-0.3, -0.25) is 4.98 Å². The largest absolute Gasteiger partial charge is 0.457 e. The minimum atomic E-state index is -0.678. The van der Waals surface area contributed by atoms with Gasteiger partial charge in [-0.25, -0.2) is 15.0 Å². The summed E-state index contributed by atoms with van der Waals surface area (Å²) >= 11 is 0. The van der Waals surface area contributed by atoms with Crippen LogP contribution >= 0.6 is 0 Å². The first-order valence-corrected chi connectivity index (χ1v) is 18.1. The van der Waals surface area contributed by atoms with Crippen molar-refractivity contribution in [3.05, 3.63) is 204 Å². The van der Waals surface area contributed by atoms with Gasteiger partial charge in [-0.2, -0.15) is 0 Å². The van der Waals surface area contributed by atoms with Crippen molar-refractivity contribution in [3.63, 3.8) is 0 Å². The van der Waals surface area contributed by atoms with Gasteiger partial charge in [0.1, 0.15) is 11.5 Å². The molecule has 3 heterocycles. The molecule has 5 nitrogen and oxygen atoms in total. The van der Waals surface area contributed by atoms with E-state index in [1.807, 2.05) is 85.1 Å². The van der Waals surface area contributed by atoms with Crippen LogP contribution in [0.2, 0.25) is 0 Å². The molecule has 1 aliphatic carbocycles. The molecular weight excluding hydrogens is 661 g/mol. The fourth-order valence-electron chi connectivity index (χ4n) is 8.50. The van der Waals surface area contributed by atoms with E-state index in [1.54, 1.807) is 0 Å². The van der Waals surface area contributed by atoms with E-state index in [2.05, 4.69) is 102 Å². The normalized spacial score (nSPS) is 13.1. The second kappa shape index (κ2) is 11.9. The lowest BCUT2D eigenvalue weighted by molar-refractivity contribution is 0.436. The fraction of sp³-hybridized carbons (Fsp3) is 0.0204. The number of hydrogen-bond acceptors (Lipinski definition) is 5. The SMILES string of the molecule is c1ccc(-c2nc(-c3ccccc3)nc(-c3ccc4c(c3)C3(c5ccccc5Oc5ccccc53)c3cc(-c5cccc6ncccc56)ccc3-4)n2)cc1. The van der Waals surface area contributed by atoms with Crippen LogP contribution in [-0.2, 0) is 5.41 Å². The van der Waals surface area contributed by atoms with Gasteiger partial charge < -0.3 is 4.74 Å². The summed E-state index contributed by atoms with van der Waals surface area (Å²) in [5, 5.41) is 1.12. The Labute approximate surface area is 312 Å². The summed E-state index contributed by atoms with van der Waals surface area (Å²) in [6, 6.07) is 61.3. The van der Waals surface area contributed by atoms with Gasteiger partial charge in [0, 0.05) is 39.4 Å². The van der Waals surface area contributed by atoms with Crippen LogP contribution in [-0.4, -0.2) is 19.9 Å². The predicted octanol–water partition coefficient (Wildman–Crippen LogP) is 11.6. The van der Waals surface area contributed by atoms with Crippen molar-refractivity contribution in [1.82, 2.24) is 19.9 Å². The highest BCUT2D eigenvalue weighted by atomic mass is 16.5. The zero-order valence-electron chi connectivity index (χ0n) is 29.0. The Hall–Kier alpha value is -7.24. The maximum absolute atomic E-state index is 6.67. The highest BCUT2D eigenvalue weighted by Gasteiger charge is 2.51. The third kappa shape index (κ3) is 4.52. The maximum Gasteiger partial charge on any atom is 0.164 e. The molecule has 54 heavy (non-hydrogen) atoms. The number of ether oxygens (including phenoxy) is 1. The molecule has 252 valence electrons. The predicted molar refractivity (Wildman–Crippen MR) is 214 cm³/mol. The van der Waals surface area contributed by atoms with E-state index in [0.29, 0.717) is 17.5 Å². The molecule has 5 heteroatoms. The summed E-state index contributed by atoms with van der Waals surface area (Å²) in [5.74, 6) is 3.58. The van der Waals surface area contributed by atoms with Crippen LogP contribution in [0.3, 0.4) is 0 Å². The minimum absolute atomic E-state index is 0.620. The average molecular weight is 691 g/mol. The van der Waals surface area contributed by atoms with E-state index in [1.165, 1.54) is 16.7 Å². The first-order valence-electron chi connectivity index (χ1n) is 18.1. The second-order valence-corrected chi connectivity index (χ2v) is 13.8. The monoisotopic (exact) mass is 690 g/mol. The molecule has 0 radical (unpaired) electrons. The van der Waals surface area contributed by atoms with E-state index in [-0.39, 0.29) is 0 Å². The van der Waals surface area contributed by atoms with Crippen molar-refractivity contribution in [2.24, 2.45) is 0 Å². The summed E-state index contributed by atoms with van der Waals surface area (Å²) in [4.78, 5) is 19.9. The van der Waals surface area contributed by atoms with Crippen LogP contribution in [0.5, 0.6) is 11.5 Å².